The Kier molecular flexibility index (Phi) is 6.47. The summed E-state index contributed by atoms with van der Waals surface area (Å²) in [4.78, 5) is 12.1. The summed E-state index contributed by atoms with van der Waals surface area (Å²) in [6.45, 7) is 0.871. The molecule has 138 valence electrons. The minimum atomic E-state index is -0.0277. The van der Waals surface area contributed by atoms with Crippen molar-refractivity contribution in [2.24, 2.45) is 0 Å². The Balaban J connectivity index is 1.48. The monoisotopic (exact) mass is 361 g/mol. The molecule has 1 amide bonds. The molecule has 0 saturated heterocycles. The number of nitrogens with one attached hydrogen (secondary N) is 1. The average molecular weight is 361 g/mol. The fourth-order valence-electron chi connectivity index (χ4n) is 2.79. The minimum Gasteiger partial charge on any atom is -0.497 e. The molecule has 3 aromatic carbocycles. The van der Waals surface area contributed by atoms with E-state index in [0.717, 1.165) is 28.2 Å². The zero-order valence-corrected chi connectivity index (χ0v) is 15.4. The number of carbonyl (C=O) groups is 1. The van der Waals surface area contributed by atoms with Crippen molar-refractivity contribution in [3.05, 3.63) is 84.4 Å². The molecule has 0 atom stereocenters. The van der Waals surface area contributed by atoms with Gasteiger partial charge >= 0.3 is 0 Å². The van der Waals surface area contributed by atoms with Gasteiger partial charge in [-0.3, -0.25) is 4.79 Å². The van der Waals surface area contributed by atoms with Gasteiger partial charge in [0.25, 0.3) is 0 Å². The van der Waals surface area contributed by atoms with Gasteiger partial charge in [0.15, 0.2) is 0 Å². The molecule has 4 heteroatoms. The summed E-state index contributed by atoms with van der Waals surface area (Å²) >= 11 is 0. The second kappa shape index (κ2) is 9.43. The number of amides is 1. The number of methoxy groups -OCH3 is 1. The van der Waals surface area contributed by atoms with E-state index in [1.165, 1.54) is 0 Å². The van der Waals surface area contributed by atoms with Crippen LogP contribution in [-0.2, 0) is 11.2 Å². The van der Waals surface area contributed by atoms with Crippen LogP contribution in [0.2, 0.25) is 0 Å². The SMILES string of the molecule is COc1ccc(CC(=O)NCCOc2ccccc2-c2ccccc2)cc1. The summed E-state index contributed by atoms with van der Waals surface area (Å²) in [6, 6.07) is 25.5. The van der Waals surface area contributed by atoms with E-state index >= 15 is 0 Å². The number of ether oxygens (including phenoxy) is 2. The summed E-state index contributed by atoms with van der Waals surface area (Å²) in [7, 11) is 1.62. The second-order valence-electron chi connectivity index (χ2n) is 6.09. The molecule has 0 aliphatic heterocycles. The van der Waals surface area contributed by atoms with Crippen LogP contribution in [0.4, 0.5) is 0 Å². The van der Waals surface area contributed by atoms with Gasteiger partial charge in [-0.2, -0.15) is 0 Å². The first-order chi connectivity index (χ1) is 13.3. The fraction of sp³-hybridized carbons (Fsp3) is 0.174. The average Bonchev–Trinajstić information content (AvgIpc) is 2.73. The molecule has 0 aliphatic carbocycles. The van der Waals surface area contributed by atoms with Crippen molar-refractivity contribution in [1.29, 1.82) is 0 Å². The largest absolute Gasteiger partial charge is 0.497 e. The molecule has 0 bridgehead atoms. The Hall–Kier alpha value is -3.27. The van der Waals surface area contributed by atoms with Crippen LogP contribution < -0.4 is 14.8 Å². The van der Waals surface area contributed by atoms with Crippen LogP contribution in [0.1, 0.15) is 5.56 Å². The first-order valence-corrected chi connectivity index (χ1v) is 8.93. The van der Waals surface area contributed by atoms with Gasteiger partial charge in [-0.25, -0.2) is 0 Å². The molecule has 1 N–H and O–H groups in total. The first-order valence-electron chi connectivity index (χ1n) is 8.93. The maximum Gasteiger partial charge on any atom is 0.224 e. The Morgan fingerprint density at radius 3 is 2.33 bits per heavy atom. The highest BCUT2D eigenvalue weighted by atomic mass is 16.5. The second-order valence-corrected chi connectivity index (χ2v) is 6.09. The predicted octanol–water partition coefficient (Wildman–Crippen LogP) is 4.10. The van der Waals surface area contributed by atoms with Crippen LogP contribution in [0.25, 0.3) is 11.1 Å². The predicted molar refractivity (Wildman–Crippen MR) is 107 cm³/mol. The highest BCUT2D eigenvalue weighted by molar-refractivity contribution is 5.78. The van der Waals surface area contributed by atoms with Crippen molar-refractivity contribution in [2.75, 3.05) is 20.3 Å². The molecular formula is C23H23NO3. The normalized spacial score (nSPS) is 10.3. The van der Waals surface area contributed by atoms with Gasteiger partial charge in [0.2, 0.25) is 5.91 Å². The lowest BCUT2D eigenvalue weighted by Crippen LogP contribution is -2.29. The van der Waals surface area contributed by atoms with E-state index in [1.807, 2.05) is 66.7 Å². The third-order valence-electron chi connectivity index (χ3n) is 4.18. The summed E-state index contributed by atoms with van der Waals surface area (Å²) in [5, 5.41) is 2.89. The molecule has 0 saturated carbocycles. The molecule has 3 rings (SSSR count). The molecule has 0 fully saturated rings. The maximum absolute atomic E-state index is 12.1. The highest BCUT2D eigenvalue weighted by Crippen LogP contribution is 2.29. The van der Waals surface area contributed by atoms with E-state index in [9.17, 15) is 4.79 Å². The lowest BCUT2D eigenvalue weighted by Gasteiger charge is -2.12. The fourth-order valence-corrected chi connectivity index (χ4v) is 2.79. The van der Waals surface area contributed by atoms with E-state index in [2.05, 4.69) is 17.4 Å². The van der Waals surface area contributed by atoms with Crippen LogP contribution in [0, 0.1) is 0 Å². The Labute approximate surface area is 159 Å². The summed E-state index contributed by atoms with van der Waals surface area (Å²) < 4.78 is 11.0. The maximum atomic E-state index is 12.1. The molecule has 4 nitrogen and oxygen atoms in total. The summed E-state index contributed by atoms with van der Waals surface area (Å²) in [5.74, 6) is 1.57. The first kappa shape index (κ1) is 18.5. The number of para-hydroxylation sites is 1. The van der Waals surface area contributed by atoms with Gasteiger partial charge in [0, 0.05) is 5.56 Å². The van der Waals surface area contributed by atoms with Crippen LogP contribution in [-0.4, -0.2) is 26.2 Å². The van der Waals surface area contributed by atoms with E-state index in [0.29, 0.717) is 19.6 Å². The van der Waals surface area contributed by atoms with E-state index < -0.39 is 0 Å². The minimum absolute atomic E-state index is 0.0277. The number of rotatable bonds is 8. The lowest BCUT2D eigenvalue weighted by atomic mass is 10.1. The van der Waals surface area contributed by atoms with Crippen LogP contribution >= 0.6 is 0 Å². The van der Waals surface area contributed by atoms with Gasteiger partial charge in [0.05, 0.1) is 20.1 Å². The van der Waals surface area contributed by atoms with Gasteiger partial charge in [-0.05, 0) is 29.3 Å². The zero-order valence-electron chi connectivity index (χ0n) is 15.4. The molecule has 3 aromatic rings. The number of hydrogen-bond donors (Lipinski definition) is 1. The number of carbonyl (C=O) groups excluding carboxylic acids is 1. The molecule has 0 spiro atoms. The zero-order chi connectivity index (χ0) is 18.9. The third-order valence-corrected chi connectivity index (χ3v) is 4.18. The van der Waals surface area contributed by atoms with Crippen molar-refractivity contribution < 1.29 is 14.3 Å². The standard InChI is InChI=1S/C23H23NO3/c1-26-20-13-11-18(12-14-20)17-23(25)24-15-16-27-22-10-6-5-9-21(22)19-7-3-2-4-8-19/h2-14H,15-17H2,1H3,(H,24,25). The van der Waals surface area contributed by atoms with E-state index in [4.69, 9.17) is 9.47 Å². The van der Waals surface area contributed by atoms with Crippen molar-refractivity contribution >= 4 is 5.91 Å². The van der Waals surface area contributed by atoms with Gasteiger partial charge in [-0.15, -0.1) is 0 Å². The molecule has 0 unspecified atom stereocenters. The Morgan fingerprint density at radius 2 is 1.59 bits per heavy atom. The molecule has 0 aliphatic rings. The molecular weight excluding hydrogens is 338 g/mol. The van der Waals surface area contributed by atoms with Crippen LogP contribution in [0.15, 0.2) is 78.9 Å². The topological polar surface area (TPSA) is 47.6 Å². The van der Waals surface area contributed by atoms with Crippen molar-refractivity contribution in [2.45, 2.75) is 6.42 Å². The number of hydrogen-bond acceptors (Lipinski definition) is 3. The molecule has 0 radical (unpaired) electrons. The van der Waals surface area contributed by atoms with Crippen molar-refractivity contribution in [1.82, 2.24) is 5.32 Å². The van der Waals surface area contributed by atoms with Gasteiger partial charge < -0.3 is 14.8 Å². The van der Waals surface area contributed by atoms with E-state index in [1.54, 1.807) is 7.11 Å². The summed E-state index contributed by atoms with van der Waals surface area (Å²) in [5.41, 5.74) is 3.10. The quantitative estimate of drug-likeness (QED) is 0.615. The van der Waals surface area contributed by atoms with Crippen LogP contribution in [0.3, 0.4) is 0 Å². The molecule has 0 aromatic heterocycles. The number of benzene rings is 3. The smallest absolute Gasteiger partial charge is 0.224 e. The van der Waals surface area contributed by atoms with Gasteiger partial charge in [-0.1, -0.05) is 60.7 Å². The Bertz CT molecular complexity index is 860. The van der Waals surface area contributed by atoms with Gasteiger partial charge in [0.1, 0.15) is 18.1 Å². The molecule has 27 heavy (non-hydrogen) atoms. The van der Waals surface area contributed by atoms with E-state index in [-0.39, 0.29) is 5.91 Å². The van der Waals surface area contributed by atoms with Crippen LogP contribution in [0.5, 0.6) is 11.5 Å². The summed E-state index contributed by atoms with van der Waals surface area (Å²) in [6.07, 6.45) is 0.338. The molecule has 0 heterocycles. The van der Waals surface area contributed by atoms with Crippen molar-refractivity contribution in [3.63, 3.8) is 0 Å². The highest BCUT2D eigenvalue weighted by Gasteiger charge is 2.06. The Morgan fingerprint density at radius 1 is 0.889 bits per heavy atom. The third kappa shape index (κ3) is 5.35. The van der Waals surface area contributed by atoms with Crippen molar-refractivity contribution in [3.8, 4) is 22.6 Å². The lowest BCUT2D eigenvalue weighted by molar-refractivity contribution is -0.120.